The Hall–Kier alpha value is -1.61. The van der Waals surface area contributed by atoms with E-state index in [2.05, 4.69) is 0 Å². The minimum Gasteiger partial charge on any atom is -0.315 e. The predicted molar refractivity (Wildman–Crippen MR) is 79.6 cm³/mol. The molecule has 0 radical (unpaired) electrons. The molecule has 0 saturated heterocycles. The molecular weight excluding hydrogens is 277 g/mol. The first-order valence-corrected chi connectivity index (χ1v) is 6.90. The third-order valence-corrected chi connectivity index (χ3v) is 3.60. The SMILES string of the molecule is Cc1ccc(F)c(-n2c(C)cc(C(=O)C(C)Cl)c2C)c1. The standard InChI is InChI=1S/C16H17ClFNO/c1-9-5-6-14(18)15(7-9)19-10(2)8-13(12(19)4)16(20)11(3)17/h5-8,11H,1-4H3. The first-order chi connectivity index (χ1) is 9.32. The quantitative estimate of drug-likeness (QED) is 0.609. The maximum Gasteiger partial charge on any atom is 0.182 e. The molecule has 0 spiro atoms. The van der Waals surface area contributed by atoms with Gasteiger partial charge in [0.2, 0.25) is 0 Å². The van der Waals surface area contributed by atoms with Crippen LogP contribution in [0.15, 0.2) is 24.3 Å². The Morgan fingerprint density at radius 1 is 1.25 bits per heavy atom. The fraction of sp³-hybridized carbons (Fsp3) is 0.312. The van der Waals surface area contributed by atoms with Crippen molar-refractivity contribution >= 4 is 17.4 Å². The van der Waals surface area contributed by atoms with Gasteiger partial charge in [-0.1, -0.05) is 6.07 Å². The summed E-state index contributed by atoms with van der Waals surface area (Å²) in [6.45, 7) is 7.21. The van der Waals surface area contributed by atoms with Gasteiger partial charge in [-0.25, -0.2) is 4.39 Å². The lowest BCUT2D eigenvalue weighted by Crippen LogP contribution is -2.12. The van der Waals surface area contributed by atoms with Crippen molar-refractivity contribution in [2.24, 2.45) is 0 Å². The second kappa shape index (κ2) is 5.41. The first-order valence-electron chi connectivity index (χ1n) is 6.46. The molecule has 2 nitrogen and oxygen atoms in total. The Morgan fingerprint density at radius 3 is 2.50 bits per heavy atom. The molecule has 0 N–H and O–H groups in total. The van der Waals surface area contributed by atoms with Crippen molar-refractivity contribution in [1.82, 2.24) is 4.57 Å². The number of halogens is 2. The van der Waals surface area contributed by atoms with Gasteiger partial charge in [-0.3, -0.25) is 4.79 Å². The molecule has 2 aromatic rings. The average molecular weight is 294 g/mol. The van der Waals surface area contributed by atoms with Gasteiger partial charge in [0, 0.05) is 17.0 Å². The normalized spacial score (nSPS) is 12.5. The zero-order valence-corrected chi connectivity index (χ0v) is 12.8. The summed E-state index contributed by atoms with van der Waals surface area (Å²) in [5.41, 5.74) is 3.50. The zero-order valence-electron chi connectivity index (χ0n) is 12.0. The number of aryl methyl sites for hydroxylation is 2. The summed E-state index contributed by atoms with van der Waals surface area (Å²) in [4.78, 5) is 12.1. The van der Waals surface area contributed by atoms with Gasteiger partial charge >= 0.3 is 0 Å². The van der Waals surface area contributed by atoms with Crippen LogP contribution in [0, 0.1) is 26.6 Å². The number of aromatic nitrogens is 1. The summed E-state index contributed by atoms with van der Waals surface area (Å²) in [7, 11) is 0. The van der Waals surface area contributed by atoms with Crippen LogP contribution in [0.25, 0.3) is 5.69 Å². The number of ketones is 1. The Balaban J connectivity index is 2.64. The highest BCUT2D eigenvalue weighted by Gasteiger charge is 2.21. The van der Waals surface area contributed by atoms with Crippen molar-refractivity contribution in [3.8, 4) is 5.69 Å². The first kappa shape index (κ1) is 14.8. The van der Waals surface area contributed by atoms with Gasteiger partial charge < -0.3 is 4.57 Å². The number of carbonyl (C=O) groups excluding carboxylic acids is 1. The molecule has 0 saturated carbocycles. The van der Waals surface area contributed by atoms with E-state index in [0.717, 1.165) is 11.3 Å². The third kappa shape index (κ3) is 2.50. The van der Waals surface area contributed by atoms with E-state index in [0.29, 0.717) is 16.9 Å². The fourth-order valence-corrected chi connectivity index (χ4v) is 2.51. The van der Waals surface area contributed by atoms with E-state index >= 15 is 0 Å². The highest BCUT2D eigenvalue weighted by atomic mass is 35.5. The number of hydrogen-bond acceptors (Lipinski definition) is 1. The van der Waals surface area contributed by atoms with Crippen LogP contribution in [0.4, 0.5) is 4.39 Å². The van der Waals surface area contributed by atoms with E-state index in [4.69, 9.17) is 11.6 Å². The molecule has 4 heteroatoms. The predicted octanol–water partition coefficient (Wildman–Crippen LogP) is 4.35. The van der Waals surface area contributed by atoms with Crippen LogP contribution < -0.4 is 0 Å². The second-order valence-electron chi connectivity index (χ2n) is 5.06. The molecule has 1 aromatic heterocycles. The molecule has 106 valence electrons. The van der Waals surface area contributed by atoms with Gasteiger partial charge in [-0.2, -0.15) is 0 Å². The Labute approximate surface area is 123 Å². The van der Waals surface area contributed by atoms with Gasteiger partial charge in [-0.05, 0) is 51.5 Å². The molecule has 20 heavy (non-hydrogen) atoms. The minimum atomic E-state index is -0.591. The summed E-state index contributed by atoms with van der Waals surface area (Å²) in [5.74, 6) is -0.450. The number of carbonyl (C=O) groups is 1. The lowest BCUT2D eigenvalue weighted by atomic mass is 10.1. The molecule has 0 amide bonds. The summed E-state index contributed by atoms with van der Waals surface area (Å²) in [6.07, 6.45) is 0. The van der Waals surface area contributed by atoms with Crippen LogP contribution in [-0.2, 0) is 0 Å². The zero-order chi connectivity index (χ0) is 15.0. The molecule has 1 unspecified atom stereocenters. The molecule has 1 heterocycles. The Bertz CT molecular complexity index is 673. The molecule has 0 fully saturated rings. The van der Waals surface area contributed by atoms with Crippen LogP contribution in [-0.4, -0.2) is 15.7 Å². The molecule has 0 aliphatic carbocycles. The maximum atomic E-state index is 14.1. The van der Waals surface area contributed by atoms with Crippen molar-refractivity contribution in [2.45, 2.75) is 33.1 Å². The molecule has 0 aliphatic rings. The number of hydrogen-bond donors (Lipinski definition) is 0. The Kier molecular flexibility index (Phi) is 4.00. The fourth-order valence-electron chi connectivity index (χ4n) is 2.39. The Morgan fingerprint density at radius 2 is 1.90 bits per heavy atom. The van der Waals surface area contributed by atoms with Crippen LogP contribution in [0.3, 0.4) is 0 Å². The van der Waals surface area contributed by atoms with Gasteiger partial charge in [0.15, 0.2) is 5.78 Å². The van der Waals surface area contributed by atoms with Gasteiger partial charge in [0.1, 0.15) is 5.82 Å². The third-order valence-electron chi connectivity index (χ3n) is 3.40. The second-order valence-corrected chi connectivity index (χ2v) is 5.71. The summed E-state index contributed by atoms with van der Waals surface area (Å²) in [5, 5.41) is -0.591. The molecule has 1 aromatic carbocycles. The van der Waals surface area contributed by atoms with E-state index in [9.17, 15) is 9.18 Å². The van der Waals surface area contributed by atoms with Crippen LogP contribution in [0.2, 0.25) is 0 Å². The van der Waals surface area contributed by atoms with E-state index in [-0.39, 0.29) is 11.6 Å². The highest BCUT2D eigenvalue weighted by Crippen LogP contribution is 2.25. The van der Waals surface area contributed by atoms with Crippen molar-refractivity contribution in [3.63, 3.8) is 0 Å². The van der Waals surface area contributed by atoms with E-state index in [1.54, 1.807) is 36.6 Å². The topological polar surface area (TPSA) is 22.0 Å². The lowest BCUT2D eigenvalue weighted by Gasteiger charge is -2.12. The molecule has 0 bridgehead atoms. The smallest absolute Gasteiger partial charge is 0.182 e. The van der Waals surface area contributed by atoms with Gasteiger partial charge in [0.25, 0.3) is 0 Å². The summed E-state index contributed by atoms with van der Waals surface area (Å²) in [6, 6.07) is 6.70. The van der Waals surface area contributed by atoms with Crippen molar-refractivity contribution < 1.29 is 9.18 Å². The van der Waals surface area contributed by atoms with Crippen molar-refractivity contribution in [2.75, 3.05) is 0 Å². The maximum absolute atomic E-state index is 14.1. The highest BCUT2D eigenvalue weighted by molar-refractivity contribution is 6.33. The van der Waals surface area contributed by atoms with E-state index < -0.39 is 5.38 Å². The van der Waals surface area contributed by atoms with Gasteiger partial charge in [0.05, 0.1) is 11.1 Å². The monoisotopic (exact) mass is 293 g/mol. The van der Waals surface area contributed by atoms with E-state index in [1.807, 2.05) is 13.8 Å². The summed E-state index contributed by atoms with van der Waals surface area (Å²) >= 11 is 5.87. The number of alkyl halides is 1. The molecule has 0 aliphatic heterocycles. The van der Waals surface area contributed by atoms with Crippen LogP contribution in [0.1, 0.15) is 34.2 Å². The number of rotatable bonds is 3. The van der Waals surface area contributed by atoms with Crippen LogP contribution >= 0.6 is 11.6 Å². The number of nitrogens with zero attached hydrogens (tertiary/aromatic N) is 1. The number of Topliss-reactive ketones (excluding diaryl/α,β-unsaturated/α-hetero) is 1. The van der Waals surface area contributed by atoms with Crippen molar-refractivity contribution in [3.05, 3.63) is 52.6 Å². The molecule has 1 atom stereocenters. The molecule has 2 rings (SSSR count). The van der Waals surface area contributed by atoms with Crippen molar-refractivity contribution in [1.29, 1.82) is 0 Å². The average Bonchev–Trinajstić information content (AvgIpc) is 2.67. The van der Waals surface area contributed by atoms with Crippen LogP contribution in [0.5, 0.6) is 0 Å². The largest absolute Gasteiger partial charge is 0.315 e. The van der Waals surface area contributed by atoms with Gasteiger partial charge in [-0.15, -0.1) is 11.6 Å². The number of benzene rings is 1. The van der Waals surface area contributed by atoms with E-state index in [1.165, 1.54) is 6.07 Å². The lowest BCUT2D eigenvalue weighted by molar-refractivity contribution is 0.0991. The summed E-state index contributed by atoms with van der Waals surface area (Å²) < 4.78 is 15.8. The molecular formula is C16H17ClFNO. The minimum absolute atomic E-state index is 0.140.